The van der Waals surface area contributed by atoms with Crippen LogP contribution in [0.15, 0.2) is 26.6 Å². The Hall–Kier alpha value is -2.38. The first-order valence-corrected chi connectivity index (χ1v) is 4.57. The summed E-state index contributed by atoms with van der Waals surface area (Å²) in [5.74, 6) is 0.577. The van der Waals surface area contributed by atoms with Gasteiger partial charge in [0.05, 0.1) is 18.8 Å². The largest absolute Gasteiger partial charge is 0.433 e. The van der Waals surface area contributed by atoms with Crippen molar-refractivity contribution in [2.75, 3.05) is 13.1 Å². The maximum atomic E-state index is 10.3. The van der Waals surface area contributed by atoms with E-state index in [1.807, 2.05) is 0 Å². The molecule has 2 N–H and O–H groups in total. The molecule has 0 atom stereocenters. The Bertz CT molecular complexity index is 450. The lowest BCUT2D eigenvalue weighted by Crippen LogP contribution is -2.30. The molecule has 1 aliphatic rings. The minimum absolute atomic E-state index is 0.304. The Kier molecular flexibility index (Phi) is 2.81. The van der Waals surface area contributed by atoms with Crippen molar-refractivity contribution in [1.29, 1.82) is 0 Å². The Morgan fingerprint density at radius 2 is 2.56 bits per heavy atom. The summed E-state index contributed by atoms with van der Waals surface area (Å²) in [5, 5.41) is 17.1. The predicted octanol–water partition coefficient (Wildman–Crippen LogP) is 0.0705. The standard InChI is InChI=1S/C8H9N5O3/c14-13(15)7-2-1-6(16-7)5-11-12-8-9-3-4-10-8/h1-2,5H,3-4H2,(H2,9,10,12). The first kappa shape index (κ1) is 10.1. The summed E-state index contributed by atoms with van der Waals surface area (Å²) in [6, 6.07) is 2.74. The highest BCUT2D eigenvalue weighted by molar-refractivity contribution is 5.83. The van der Waals surface area contributed by atoms with Crippen LogP contribution in [-0.4, -0.2) is 30.2 Å². The number of guanidine groups is 1. The molecule has 2 rings (SSSR count). The molecule has 0 saturated heterocycles. The van der Waals surface area contributed by atoms with Crippen molar-refractivity contribution >= 4 is 18.1 Å². The fourth-order valence-corrected chi connectivity index (χ4v) is 1.14. The SMILES string of the molecule is O=[N+]([O-])c1ccc(C=NNC2=NCCN2)o1. The van der Waals surface area contributed by atoms with Gasteiger partial charge in [-0.1, -0.05) is 0 Å². The van der Waals surface area contributed by atoms with Gasteiger partial charge >= 0.3 is 5.88 Å². The van der Waals surface area contributed by atoms with Gasteiger partial charge in [0, 0.05) is 6.54 Å². The molecule has 0 bridgehead atoms. The van der Waals surface area contributed by atoms with Crippen LogP contribution in [0.25, 0.3) is 0 Å². The van der Waals surface area contributed by atoms with Crippen LogP contribution in [0.3, 0.4) is 0 Å². The van der Waals surface area contributed by atoms with Gasteiger partial charge in [-0.2, -0.15) is 5.10 Å². The molecule has 84 valence electrons. The van der Waals surface area contributed by atoms with Crippen LogP contribution in [0.4, 0.5) is 5.88 Å². The maximum Gasteiger partial charge on any atom is 0.433 e. The average Bonchev–Trinajstić information content (AvgIpc) is 2.87. The number of nitro groups is 1. The quantitative estimate of drug-likeness (QED) is 0.428. The maximum absolute atomic E-state index is 10.3. The number of rotatable bonds is 3. The summed E-state index contributed by atoms with van der Waals surface area (Å²) in [5.41, 5.74) is 2.65. The monoisotopic (exact) mass is 223 g/mol. The number of hydrogen-bond acceptors (Lipinski definition) is 7. The van der Waals surface area contributed by atoms with Gasteiger partial charge in [0.15, 0.2) is 5.76 Å². The molecule has 0 spiro atoms. The first-order valence-electron chi connectivity index (χ1n) is 4.57. The van der Waals surface area contributed by atoms with Crippen molar-refractivity contribution in [2.24, 2.45) is 10.1 Å². The summed E-state index contributed by atoms with van der Waals surface area (Å²) in [6.07, 6.45) is 1.34. The number of nitrogens with zero attached hydrogens (tertiary/aromatic N) is 3. The minimum atomic E-state index is -0.604. The van der Waals surface area contributed by atoms with E-state index in [2.05, 4.69) is 20.8 Å². The Balaban J connectivity index is 1.92. The second kappa shape index (κ2) is 4.43. The lowest BCUT2D eigenvalue weighted by Gasteiger charge is -1.97. The molecule has 0 fully saturated rings. The van der Waals surface area contributed by atoms with Crippen molar-refractivity contribution < 1.29 is 9.34 Å². The van der Waals surface area contributed by atoms with E-state index in [9.17, 15) is 10.1 Å². The van der Waals surface area contributed by atoms with Gasteiger partial charge in [0.2, 0.25) is 5.96 Å². The van der Waals surface area contributed by atoms with Crippen molar-refractivity contribution in [1.82, 2.24) is 10.7 Å². The normalized spacial score (nSPS) is 14.9. The van der Waals surface area contributed by atoms with E-state index >= 15 is 0 Å². The zero-order valence-corrected chi connectivity index (χ0v) is 8.21. The highest BCUT2D eigenvalue weighted by Crippen LogP contribution is 2.13. The van der Waals surface area contributed by atoms with Gasteiger partial charge in [-0.15, -0.1) is 0 Å². The third-order valence-corrected chi connectivity index (χ3v) is 1.83. The van der Waals surface area contributed by atoms with E-state index in [0.29, 0.717) is 18.3 Å². The summed E-state index contributed by atoms with van der Waals surface area (Å²) in [6.45, 7) is 1.49. The van der Waals surface area contributed by atoms with Gasteiger partial charge in [0.25, 0.3) is 0 Å². The molecule has 8 nitrogen and oxygen atoms in total. The second-order valence-corrected chi connectivity index (χ2v) is 2.96. The summed E-state index contributed by atoms with van der Waals surface area (Å²) in [4.78, 5) is 13.8. The molecule has 8 heteroatoms. The van der Waals surface area contributed by atoms with E-state index in [1.54, 1.807) is 0 Å². The molecule has 2 heterocycles. The predicted molar refractivity (Wildman–Crippen MR) is 56.4 cm³/mol. The second-order valence-electron chi connectivity index (χ2n) is 2.96. The zero-order valence-electron chi connectivity index (χ0n) is 8.21. The fraction of sp³-hybridized carbons (Fsp3) is 0.250. The molecule has 0 unspecified atom stereocenters. The number of nitrogens with one attached hydrogen (secondary N) is 2. The van der Waals surface area contributed by atoms with Crippen LogP contribution in [0.1, 0.15) is 5.76 Å². The first-order chi connectivity index (χ1) is 7.75. The summed E-state index contributed by atoms with van der Waals surface area (Å²) in [7, 11) is 0. The molecule has 0 saturated carbocycles. The molecule has 16 heavy (non-hydrogen) atoms. The van der Waals surface area contributed by atoms with E-state index in [4.69, 9.17) is 4.42 Å². The topological polar surface area (TPSA) is 105 Å². The van der Waals surface area contributed by atoms with E-state index in [-0.39, 0.29) is 5.88 Å². The van der Waals surface area contributed by atoms with E-state index in [1.165, 1.54) is 18.3 Å². The van der Waals surface area contributed by atoms with Crippen molar-refractivity contribution in [3.63, 3.8) is 0 Å². The number of hydrazone groups is 1. The summed E-state index contributed by atoms with van der Waals surface area (Å²) < 4.78 is 4.86. The molecule has 0 aromatic carbocycles. The molecule has 1 aliphatic heterocycles. The number of hydrogen-bond donors (Lipinski definition) is 2. The highest BCUT2D eigenvalue weighted by atomic mass is 16.6. The highest BCUT2D eigenvalue weighted by Gasteiger charge is 2.10. The van der Waals surface area contributed by atoms with Crippen molar-refractivity contribution in [3.8, 4) is 0 Å². The Morgan fingerprint density at radius 3 is 3.19 bits per heavy atom. The number of aliphatic imine (C=N–C) groups is 1. The fourth-order valence-electron chi connectivity index (χ4n) is 1.14. The van der Waals surface area contributed by atoms with E-state index in [0.717, 1.165) is 6.54 Å². The molecular weight excluding hydrogens is 214 g/mol. The number of furan rings is 1. The van der Waals surface area contributed by atoms with Crippen LogP contribution < -0.4 is 10.7 Å². The van der Waals surface area contributed by atoms with Gasteiger partial charge in [-0.25, -0.2) is 10.4 Å². The Morgan fingerprint density at radius 1 is 1.69 bits per heavy atom. The average molecular weight is 223 g/mol. The van der Waals surface area contributed by atoms with Crippen LogP contribution in [0.5, 0.6) is 0 Å². The zero-order chi connectivity index (χ0) is 11.4. The van der Waals surface area contributed by atoms with Crippen molar-refractivity contribution in [2.45, 2.75) is 0 Å². The molecule has 0 amide bonds. The smallest absolute Gasteiger partial charge is 0.400 e. The third kappa shape index (κ3) is 2.35. The molecule has 1 aromatic rings. The van der Waals surface area contributed by atoms with Crippen LogP contribution in [0.2, 0.25) is 0 Å². The van der Waals surface area contributed by atoms with Crippen LogP contribution in [0, 0.1) is 10.1 Å². The van der Waals surface area contributed by atoms with Crippen molar-refractivity contribution in [3.05, 3.63) is 28.0 Å². The van der Waals surface area contributed by atoms with E-state index < -0.39 is 4.92 Å². The Labute approximate surface area is 90.2 Å². The summed E-state index contributed by atoms with van der Waals surface area (Å²) >= 11 is 0. The van der Waals surface area contributed by atoms with Crippen LogP contribution in [-0.2, 0) is 0 Å². The van der Waals surface area contributed by atoms with Gasteiger partial charge in [0.1, 0.15) is 4.92 Å². The van der Waals surface area contributed by atoms with Crippen LogP contribution >= 0.6 is 0 Å². The molecular formula is C8H9N5O3. The molecule has 0 aliphatic carbocycles. The third-order valence-electron chi connectivity index (χ3n) is 1.83. The molecule has 0 radical (unpaired) electrons. The van der Waals surface area contributed by atoms with Gasteiger partial charge in [-0.05, 0) is 6.07 Å². The van der Waals surface area contributed by atoms with Gasteiger partial charge < -0.3 is 9.73 Å². The van der Waals surface area contributed by atoms with Gasteiger partial charge in [-0.3, -0.25) is 10.1 Å². The lowest BCUT2D eigenvalue weighted by atomic mass is 10.5. The lowest BCUT2D eigenvalue weighted by molar-refractivity contribution is -0.402. The minimum Gasteiger partial charge on any atom is -0.400 e. The molecule has 1 aromatic heterocycles.